The van der Waals surface area contributed by atoms with Gasteiger partial charge < -0.3 is 11.1 Å². The second kappa shape index (κ2) is 6.05. The van der Waals surface area contributed by atoms with Crippen LogP contribution in [0.25, 0.3) is 0 Å². The monoisotopic (exact) mass is 129 g/mol. The fraction of sp³-hybridized carbons (Fsp3) is 0.857. The van der Waals surface area contributed by atoms with Crippen molar-refractivity contribution in [2.45, 2.75) is 13.3 Å². The highest BCUT2D eigenvalue weighted by Gasteiger charge is 1.90. The van der Waals surface area contributed by atoms with Crippen LogP contribution in [0.3, 0.4) is 0 Å². The quantitative estimate of drug-likeness (QED) is 0.527. The predicted molar refractivity (Wildman–Crippen MR) is 41.1 cm³/mol. The van der Waals surface area contributed by atoms with Gasteiger partial charge in [0, 0.05) is 13.1 Å². The van der Waals surface area contributed by atoms with E-state index in [0.29, 0.717) is 5.92 Å². The Morgan fingerprint density at radius 3 is 2.67 bits per heavy atom. The molecule has 0 fully saturated rings. The average Bonchev–Trinajstić information content (AvgIpc) is 1.80. The summed E-state index contributed by atoms with van der Waals surface area (Å²) in [6, 6.07) is 0. The van der Waals surface area contributed by atoms with Crippen LogP contribution in [0, 0.1) is 12.8 Å². The van der Waals surface area contributed by atoms with Gasteiger partial charge in [-0.05, 0) is 18.9 Å². The van der Waals surface area contributed by atoms with Crippen LogP contribution in [0.1, 0.15) is 13.3 Å². The van der Waals surface area contributed by atoms with Crippen LogP contribution in [0.5, 0.6) is 0 Å². The van der Waals surface area contributed by atoms with Gasteiger partial charge in [0.15, 0.2) is 0 Å². The molecule has 0 rings (SSSR count). The summed E-state index contributed by atoms with van der Waals surface area (Å²) >= 11 is 0. The summed E-state index contributed by atoms with van der Waals surface area (Å²) in [5.74, 6) is 0.551. The highest BCUT2D eigenvalue weighted by atomic mass is 14.9. The standard InChI is InChI=1S/C7H17N2/c1-7(2)3-5-9-6-4-8/h7,9H,1,3-6,8H2,2H3. The van der Waals surface area contributed by atoms with E-state index < -0.39 is 0 Å². The third kappa shape index (κ3) is 7.92. The maximum atomic E-state index is 5.27. The van der Waals surface area contributed by atoms with Gasteiger partial charge in [-0.3, -0.25) is 0 Å². The summed E-state index contributed by atoms with van der Waals surface area (Å²) in [5.41, 5.74) is 5.27. The molecule has 0 spiro atoms. The van der Waals surface area contributed by atoms with Crippen molar-refractivity contribution in [3.05, 3.63) is 6.92 Å². The van der Waals surface area contributed by atoms with Crippen LogP contribution in [0.2, 0.25) is 0 Å². The lowest BCUT2D eigenvalue weighted by Gasteiger charge is -2.04. The Balaban J connectivity index is 2.75. The van der Waals surface area contributed by atoms with E-state index in [9.17, 15) is 0 Å². The largest absolute Gasteiger partial charge is 0.329 e. The molecule has 0 aromatic carbocycles. The number of rotatable bonds is 5. The maximum absolute atomic E-state index is 5.27. The molecule has 0 aromatic rings. The Labute approximate surface area is 57.8 Å². The van der Waals surface area contributed by atoms with Gasteiger partial charge >= 0.3 is 0 Å². The number of nitrogens with one attached hydrogen (secondary N) is 1. The number of hydrogen-bond acceptors (Lipinski definition) is 2. The van der Waals surface area contributed by atoms with Crippen LogP contribution in [-0.4, -0.2) is 19.6 Å². The van der Waals surface area contributed by atoms with Gasteiger partial charge in [-0.1, -0.05) is 13.8 Å². The summed E-state index contributed by atoms with van der Waals surface area (Å²) in [5, 5.41) is 3.20. The first-order valence-electron chi connectivity index (χ1n) is 3.51. The smallest absolute Gasteiger partial charge is 0.00745 e. The summed E-state index contributed by atoms with van der Waals surface area (Å²) in [7, 11) is 0. The van der Waals surface area contributed by atoms with Crippen LogP contribution in [0.15, 0.2) is 0 Å². The molecule has 9 heavy (non-hydrogen) atoms. The van der Waals surface area contributed by atoms with Gasteiger partial charge in [-0.15, -0.1) is 0 Å². The van der Waals surface area contributed by atoms with Crippen LogP contribution in [-0.2, 0) is 0 Å². The molecule has 2 heteroatoms. The van der Waals surface area contributed by atoms with E-state index in [4.69, 9.17) is 5.73 Å². The molecule has 0 aliphatic heterocycles. The average molecular weight is 129 g/mol. The van der Waals surface area contributed by atoms with Gasteiger partial charge in [0.2, 0.25) is 0 Å². The highest BCUT2D eigenvalue weighted by Crippen LogP contribution is 1.94. The first-order chi connectivity index (χ1) is 4.27. The van der Waals surface area contributed by atoms with Crippen molar-refractivity contribution in [1.29, 1.82) is 0 Å². The topological polar surface area (TPSA) is 38.0 Å². The van der Waals surface area contributed by atoms with Crippen molar-refractivity contribution < 1.29 is 0 Å². The highest BCUT2D eigenvalue weighted by molar-refractivity contribution is 4.56. The predicted octanol–water partition coefficient (Wildman–Crippen LogP) is 0.395. The van der Waals surface area contributed by atoms with Gasteiger partial charge in [0.1, 0.15) is 0 Å². The van der Waals surface area contributed by atoms with Crippen molar-refractivity contribution in [2.75, 3.05) is 19.6 Å². The molecule has 0 aliphatic rings. The van der Waals surface area contributed by atoms with E-state index in [1.807, 2.05) is 0 Å². The molecular formula is C7H17N2. The van der Waals surface area contributed by atoms with Gasteiger partial charge in [0.05, 0.1) is 0 Å². The van der Waals surface area contributed by atoms with E-state index in [2.05, 4.69) is 19.2 Å². The number of hydrogen-bond donors (Lipinski definition) is 2. The summed E-state index contributed by atoms with van der Waals surface area (Å²) in [6.07, 6.45) is 1.14. The third-order valence-corrected chi connectivity index (χ3v) is 1.14. The molecular weight excluding hydrogens is 112 g/mol. The molecule has 2 nitrogen and oxygen atoms in total. The van der Waals surface area contributed by atoms with Gasteiger partial charge in [-0.25, -0.2) is 0 Å². The molecule has 0 bridgehead atoms. The van der Waals surface area contributed by atoms with E-state index >= 15 is 0 Å². The Hall–Kier alpha value is -0.0800. The Bertz CT molecular complexity index is 52.9. The van der Waals surface area contributed by atoms with E-state index in [-0.39, 0.29) is 0 Å². The minimum atomic E-state index is 0.551. The minimum absolute atomic E-state index is 0.551. The van der Waals surface area contributed by atoms with E-state index in [1.165, 1.54) is 0 Å². The lowest BCUT2D eigenvalue weighted by atomic mass is 10.1. The molecule has 1 radical (unpaired) electrons. The maximum Gasteiger partial charge on any atom is 0.00745 e. The molecule has 3 N–H and O–H groups in total. The fourth-order valence-corrected chi connectivity index (χ4v) is 0.576. The molecule has 0 aromatic heterocycles. The van der Waals surface area contributed by atoms with Crippen LogP contribution in [0.4, 0.5) is 0 Å². The summed E-state index contributed by atoms with van der Waals surface area (Å²) in [6.45, 7) is 8.67. The lowest BCUT2D eigenvalue weighted by Crippen LogP contribution is -2.24. The minimum Gasteiger partial charge on any atom is -0.329 e. The van der Waals surface area contributed by atoms with E-state index in [1.54, 1.807) is 0 Å². The second-order valence-corrected chi connectivity index (χ2v) is 2.43. The molecule has 0 aliphatic carbocycles. The van der Waals surface area contributed by atoms with Gasteiger partial charge in [-0.2, -0.15) is 0 Å². The van der Waals surface area contributed by atoms with Gasteiger partial charge in [0.25, 0.3) is 0 Å². The molecule has 0 saturated carbocycles. The zero-order valence-corrected chi connectivity index (χ0v) is 6.19. The molecule has 0 amide bonds. The van der Waals surface area contributed by atoms with Crippen molar-refractivity contribution in [2.24, 2.45) is 11.7 Å². The zero-order valence-electron chi connectivity index (χ0n) is 6.19. The van der Waals surface area contributed by atoms with Crippen molar-refractivity contribution in [1.82, 2.24) is 5.32 Å². The molecule has 1 unspecified atom stereocenters. The van der Waals surface area contributed by atoms with Crippen molar-refractivity contribution in [3.63, 3.8) is 0 Å². The Kier molecular flexibility index (Phi) is 5.99. The molecule has 0 saturated heterocycles. The van der Waals surface area contributed by atoms with Crippen LogP contribution >= 0.6 is 0 Å². The number of nitrogens with two attached hydrogens (primary N) is 1. The van der Waals surface area contributed by atoms with Crippen LogP contribution < -0.4 is 11.1 Å². The van der Waals surface area contributed by atoms with Crippen molar-refractivity contribution in [3.8, 4) is 0 Å². The van der Waals surface area contributed by atoms with Crippen molar-refractivity contribution >= 4 is 0 Å². The Morgan fingerprint density at radius 1 is 1.56 bits per heavy atom. The molecule has 55 valence electrons. The third-order valence-electron chi connectivity index (χ3n) is 1.14. The fourth-order valence-electron chi connectivity index (χ4n) is 0.576. The second-order valence-electron chi connectivity index (χ2n) is 2.43. The summed E-state index contributed by atoms with van der Waals surface area (Å²) in [4.78, 5) is 0. The lowest BCUT2D eigenvalue weighted by molar-refractivity contribution is 0.577. The first kappa shape index (κ1) is 8.92. The zero-order chi connectivity index (χ0) is 7.11. The molecule has 0 heterocycles. The molecule has 1 atom stereocenters. The SMILES string of the molecule is [CH2]C(C)CCNCCN. The Morgan fingerprint density at radius 2 is 2.22 bits per heavy atom. The van der Waals surface area contributed by atoms with E-state index in [0.717, 1.165) is 26.1 Å². The first-order valence-corrected chi connectivity index (χ1v) is 3.51. The summed E-state index contributed by atoms with van der Waals surface area (Å²) < 4.78 is 0. The normalized spacial score (nSPS) is 10.7.